The first-order chi connectivity index (χ1) is 11.2. The summed E-state index contributed by atoms with van der Waals surface area (Å²) in [5, 5.41) is 11.0. The molecule has 0 aliphatic heterocycles. The number of hydrogen-bond donors (Lipinski definition) is 1. The Labute approximate surface area is 136 Å². The van der Waals surface area contributed by atoms with Gasteiger partial charge in [0.15, 0.2) is 5.82 Å². The molecule has 1 aromatic carbocycles. The molecule has 1 N–H and O–H groups in total. The van der Waals surface area contributed by atoms with Crippen LogP contribution in [0.15, 0.2) is 42.5 Å². The number of methoxy groups -OCH3 is 1. The third kappa shape index (κ3) is 5.67. The number of nitrogens with zero attached hydrogens (tertiary/aromatic N) is 2. The van der Waals surface area contributed by atoms with E-state index in [0.29, 0.717) is 12.4 Å². The number of benzene rings is 1. The second-order valence-corrected chi connectivity index (χ2v) is 4.18. The molecule has 0 aliphatic rings. The smallest absolute Gasteiger partial charge is 0.356 e. The number of ether oxygens (including phenoxy) is 2. The Bertz CT molecular complexity index is 573. The van der Waals surface area contributed by atoms with Crippen molar-refractivity contribution in [3.63, 3.8) is 0 Å². The van der Waals surface area contributed by atoms with Crippen LogP contribution in [0.1, 0.15) is 20.8 Å². The molecule has 0 aliphatic carbocycles. The molecule has 0 amide bonds. The molecule has 0 spiro atoms. The van der Waals surface area contributed by atoms with Crippen molar-refractivity contribution in [2.24, 2.45) is 0 Å². The summed E-state index contributed by atoms with van der Waals surface area (Å²) in [7, 11) is 1.42. The number of aromatic nitrogens is 2. The van der Waals surface area contributed by atoms with Crippen molar-refractivity contribution in [1.82, 2.24) is 10.2 Å². The normalized spacial score (nSPS) is 11.0. The first-order valence-electron chi connectivity index (χ1n) is 7.59. The monoisotopic (exact) mass is 317 g/mol. The molecule has 1 unspecified atom stereocenters. The lowest BCUT2D eigenvalue weighted by atomic mass is 10.1. The Morgan fingerprint density at radius 3 is 2.35 bits per heavy atom. The highest BCUT2D eigenvalue weighted by molar-refractivity contribution is 5.77. The number of carbonyl (C=O) groups excluding carboxylic acids is 1. The van der Waals surface area contributed by atoms with E-state index in [2.05, 4.69) is 15.5 Å². The predicted octanol–water partition coefficient (Wildman–Crippen LogP) is 3.12. The molecule has 1 atom stereocenters. The van der Waals surface area contributed by atoms with Crippen molar-refractivity contribution in [2.45, 2.75) is 27.0 Å². The van der Waals surface area contributed by atoms with Crippen LogP contribution in [-0.4, -0.2) is 36.1 Å². The lowest BCUT2D eigenvalue weighted by Crippen LogP contribution is -2.33. The molecule has 0 radical (unpaired) electrons. The molecule has 1 heterocycles. The predicted molar refractivity (Wildman–Crippen MR) is 89.9 cm³/mol. The van der Waals surface area contributed by atoms with Gasteiger partial charge in [0.25, 0.3) is 0 Å². The van der Waals surface area contributed by atoms with Crippen molar-refractivity contribution < 1.29 is 14.3 Å². The third-order valence-electron chi connectivity index (χ3n) is 2.75. The maximum atomic E-state index is 11.6. The van der Waals surface area contributed by atoms with Crippen LogP contribution in [0.3, 0.4) is 0 Å². The van der Waals surface area contributed by atoms with Gasteiger partial charge in [-0.1, -0.05) is 44.2 Å². The summed E-state index contributed by atoms with van der Waals surface area (Å²) >= 11 is 0. The number of esters is 1. The molecule has 0 fully saturated rings. The van der Waals surface area contributed by atoms with Gasteiger partial charge in [0.1, 0.15) is 0 Å². The van der Waals surface area contributed by atoms with Crippen molar-refractivity contribution in [3.05, 3.63) is 42.5 Å². The highest BCUT2D eigenvalue weighted by atomic mass is 16.6. The number of anilines is 1. The van der Waals surface area contributed by atoms with Crippen LogP contribution < -0.4 is 5.32 Å². The van der Waals surface area contributed by atoms with E-state index in [0.717, 1.165) is 11.3 Å². The van der Waals surface area contributed by atoms with Gasteiger partial charge in [-0.05, 0) is 19.1 Å². The van der Waals surface area contributed by atoms with Crippen molar-refractivity contribution in [2.75, 3.05) is 19.0 Å². The SMILES string of the molecule is CC.CCOC(=O)C(Nc1ccc(-c2ccccc2)nn1)OC. The lowest BCUT2D eigenvalue weighted by molar-refractivity contribution is -0.153. The fraction of sp³-hybridized carbons (Fsp3) is 0.353. The van der Waals surface area contributed by atoms with Crippen LogP contribution in [0.2, 0.25) is 0 Å². The molecule has 1 aromatic heterocycles. The molecule has 6 heteroatoms. The van der Waals surface area contributed by atoms with E-state index in [1.165, 1.54) is 7.11 Å². The average Bonchev–Trinajstić information content (AvgIpc) is 2.63. The molecule has 0 saturated heterocycles. The molecule has 2 rings (SSSR count). The summed E-state index contributed by atoms with van der Waals surface area (Å²) in [6.45, 7) is 6.03. The minimum atomic E-state index is -0.901. The topological polar surface area (TPSA) is 73.3 Å². The second-order valence-electron chi connectivity index (χ2n) is 4.18. The maximum absolute atomic E-state index is 11.6. The Morgan fingerprint density at radius 1 is 1.13 bits per heavy atom. The Balaban J connectivity index is 0.00000127. The van der Waals surface area contributed by atoms with Crippen LogP contribution >= 0.6 is 0 Å². The fourth-order valence-corrected chi connectivity index (χ4v) is 1.74. The molecule has 0 saturated carbocycles. The number of rotatable bonds is 6. The van der Waals surface area contributed by atoms with Crippen molar-refractivity contribution in [1.29, 1.82) is 0 Å². The van der Waals surface area contributed by atoms with Gasteiger partial charge >= 0.3 is 5.97 Å². The van der Waals surface area contributed by atoms with Gasteiger partial charge in [0.2, 0.25) is 6.23 Å². The van der Waals surface area contributed by atoms with E-state index in [1.54, 1.807) is 13.0 Å². The molecular formula is C17H23N3O3. The largest absolute Gasteiger partial charge is 0.463 e. The lowest BCUT2D eigenvalue weighted by Gasteiger charge is -2.15. The van der Waals surface area contributed by atoms with Gasteiger partial charge in [-0.15, -0.1) is 10.2 Å². The quantitative estimate of drug-likeness (QED) is 0.652. The Kier molecular flexibility index (Phi) is 8.31. The van der Waals surface area contributed by atoms with E-state index < -0.39 is 12.2 Å². The number of nitrogens with one attached hydrogen (secondary N) is 1. The van der Waals surface area contributed by atoms with E-state index in [9.17, 15) is 4.79 Å². The third-order valence-corrected chi connectivity index (χ3v) is 2.75. The van der Waals surface area contributed by atoms with Crippen LogP contribution in [0.25, 0.3) is 11.3 Å². The van der Waals surface area contributed by atoms with Crippen LogP contribution in [0.4, 0.5) is 5.82 Å². The Hall–Kier alpha value is -2.47. The molecular weight excluding hydrogens is 294 g/mol. The zero-order valence-corrected chi connectivity index (χ0v) is 13.9. The minimum absolute atomic E-state index is 0.291. The zero-order valence-electron chi connectivity index (χ0n) is 13.9. The summed E-state index contributed by atoms with van der Waals surface area (Å²) in [6, 6.07) is 13.3. The maximum Gasteiger partial charge on any atom is 0.356 e. The molecule has 0 bridgehead atoms. The first kappa shape index (κ1) is 18.6. The van der Waals surface area contributed by atoms with Gasteiger partial charge in [-0.3, -0.25) is 0 Å². The summed E-state index contributed by atoms with van der Waals surface area (Å²) in [4.78, 5) is 11.6. The molecule has 2 aromatic rings. The second kappa shape index (κ2) is 10.3. The van der Waals surface area contributed by atoms with Crippen LogP contribution in [0.5, 0.6) is 0 Å². The van der Waals surface area contributed by atoms with E-state index in [1.807, 2.05) is 50.2 Å². The van der Waals surface area contributed by atoms with Gasteiger partial charge in [0, 0.05) is 12.7 Å². The summed E-state index contributed by atoms with van der Waals surface area (Å²) in [5.74, 6) is -0.0523. The average molecular weight is 317 g/mol. The molecule has 6 nitrogen and oxygen atoms in total. The fourth-order valence-electron chi connectivity index (χ4n) is 1.74. The van der Waals surface area contributed by atoms with E-state index >= 15 is 0 Å². The van der Waals surface area contributed by atoms with Crippen LogP contribution in [0, 0.1) is 0 Å². The first-order valence-corrected chi connectivity index (χ1v) is 7.59. The standard InChI is InChI=1S/C15H17N3O3.C2H6/c1-3-21-15(19)14(20-2)16-13-10-9-12(17-18-13)11-7-5-4-6-8-11;1-2/h4-10,14H,3H2,1-2H3,(H,16,18);1-2H3. The Morgan fingerprint density at radius 2 is 1.83 bits per heavy atom. The highest BCUT2D eigenvalue weighted by Crippen LogP contribution is 2.16. The van der Waals surface area contributed by atoms with Gasteiger partial charge in [0.05, 0.1) is 12.3 Å². The number of hydrogen-bond acceptors (Lipinski definition) is 6. The number of carbonyl (C=O) groups is 1. The summed E-state index contributed by atoms with van der Waals surface area (Å²) in [6.07, 6.45) is -0.901. The van der Waals surface area contributed by atoms with Gasteiger partial charge in [-0.25, -0.2) is 4.79 Å². The van der Waals surface area contributed by atoms with Gasteiger partial charge in [-0.2, -0.15) is 0 Å². The van der Waals surface area contributed by atoms with Crippen molar-refractivity contribution in [3.8, 4) is 11.3 Å². The van der Waals surface area contributed by atoms with E-state index in [4.69, 9.17) is 9.47 Å². The van der Waals surface area contributed by atoms with Crippen molar-refractivity contribution >= 4 is 11.8 Å². The highest BCUT2D eigenvalue weighted by Gasteiger charge is 2.19. The minimum Gasteiger partial charge on any atom is -0.463 e. The molecule has 23 heavy (non-hydrogen) atoms. The zero-order chi connectivity index (χ0) is 17.1. The summed E-state index contributed by atoms with van der Waals surface area (Å²) < 4.78 is 9.92. The van der Waals surface area contributed by atoms with E-state index in [-0.39, 0.29) is 0 Å². The van der Waals surface area contributed by atoms with Crippen LogP contribution in [-0.2, 0) is 14.3 Å². The molecule has 124 valence electrons. The summed E-state index contributed by atoms with van der Waals surface area (Å²) in [5.41, 5.74) is 1.73. The van der Waals surface area contributed by atoms with Gasteiger partial charge < -0.3 is 14.8 Å².